The molecule has 4 rings (SSSR count). The van der Waals surface area contributed by atoms with Crippen LogP contribution < -0.4 is 19.5 Å². The summed E-state index contributed by atoms with van der Waals surface area (Å²) in [5.74, 6) is 1.84. The van der Waals surface area contributed by atoms with Gasteiger partial charge < -0.3 is 19.5 Å². The van der Waals surface area contributed by atoms with E-state index in [1.165, 1.54) is 0 Å². The zero-order valence-corrected chi connectivity index (χ0v) is 17.0. The van der Waals surface area contributed by atoms with E-state index in [0.29, 0.717) is 28.1 Å². The van der Waals surface area contributed by atoms with Crippen LogP contribution in [0.5, 0.6) is 17.2 Å². The number of benzene rings is 2. The molecule has 8 heteroatoms. The van der Waals surface area contributed by atoms with E-state index < -0.39 is 0 Å². The van der Waals surface area contributed by atoms with Crippen molar-refractivity contribution in [2.75, 3.05) is 26.6 Å². The number of carbonyl (C=O) groups is 1. The van der Waals surface area contributed by atoms with Gasteiger partial charge in [0.2, 0.25) is 11.7 Å². The van der Waals surface area contributed by atoms with Crippen molar-refractivity contribution in [2.45, 2.75) is 12.3 Å². The Kier molecular flexibility index (Phi) is 5.07. The Morgan fingerprint density at radius 1 is 1.07 bits per heavy atom. The predicted octanol–water partition coefficient (Wildman–Crippen LogP) is 4.03. The van der Waals surface area contributed by atoms with Crippen LogP contribution in [0.4, 0.5) is 5.82 Å². The largest absolute Gasteiger partial charge is 0.493 e. The molecule has 1 unspecified atom stereocenters. The summed E-state index contributed by atoms with van der Waals surface area (Å²) in [4.78, 5) is 12.6. The van der Waals surface area contributed by atoms with E-state index in [1.807, 2.05) is 24.3 Å². The number of halogens is 1. The van der Waals surface area contributed by atoms with Crippen molar-refractivity contribution in [3.05, 3.63) is 58.7 Å². The summed E-state index contributed by atoms with van der Waals surface area (Å²) in [5, 5.41) is 8.02. The molecule has 0 aliphatic carbocycles. The maximum Gasteiger partial charge on any atom is 0.226 e. The van der Waals surface area contributed by atoms with Crippen LogP contribution in [-0.2, 0) is 4.79 Å². The Labute approximate surface area is 173 Å². The fraction of sp³-hybridized carbons (Fsp3) is 0.238. The number of fused-ring (bicyclic) bond motifs is 1. The van der Waals surface area contributed by atoms with Crippen LogP contribution in [0.2, 0.25) is 5.02 Å². The fourth-order valence-electron chi connectivity index (χ4n) is 3.70. The number of methoxy groups -OCH3 is 3. The Morgan fingerprint density at radius 3 is 2.55 bits per heavy atom. The topological polar surface area (TPSA) is 74.6 Å². The number of hydrogen-bond donors (Lipinski definition) is 1. The second kappa shape index (κ2) is 7.67. The molecular weight excluding hydrogens is 394 g/mol. The van der Waals surface area contributed by atoms with E-state index in [1.54, 1.807) is 44.3 Å². The summed E-state index contributed by atoms with van der Waals surface area (Å²) in [7, 11) is 4.69. The second-order valence-electron chi connectivity index (χ2n) is 6.57. The SMILES string of the molecule is COc1ccc(C2CC(=O)Nc3c2cnn3-c2cccc(Cl)c2)c(OC)c1OC. The highest BCUT2D eigenvalue weighted by Gasteiger charge is 2.33. The average Bonchev–Trinajstić information content (AvgIpc) is 3.15. The van der Waals surface area contributed by atoms with Gasteiger partial charge in [-0.1, -0.05) is 23.7 Å². The standard InChI is InChI=1S/C21H20ClN3O4/c1-27-17-8-7-14(19(28-2)20(17)29-3)15-10-18(26)24-21-16(15)11-23-25(21)13-6-4-5-12(22)9-13/h4-9,11,15H,10H2,1-3H3,(H,24,26). The van der Waals surface area contributed by atoms with Crippen molar-refractivity contribution in [1.29, 1.82) is 0 Å². The molecule has 2 heterocycles. The summed E-state index contributed by atoms with van der Waals surface area (Å²) in [6.07, 6.45) is 2.02. The molecule has 7 nitrogen and oxygen atoms in total. The van der Waals surface area contributed by atoms with Gasteiger partial charge in [0.15, 0.2) is 11.5 Å². The van der Waals surface area contributed by atoms with Crippen LogP contribution in [0.15, 0.2) is 42.6 Å². The first-order valence-corrected chi connectivity index (χ1v) is 9.37. The Balaban J connectivity index is 1.86. The molecule has 0 spiro atoms. The first kappa shape index (κ1) is 19.1. The van der Waals surface area contributed by atoms with Gasteiger partial charge in [-0.3, -0.25) is 4.79 Å². The zero-order valence-electron chi connectivity index (χ0n) is 16.2. The number of nitrogens with one attached hydrogen (secondary N) is 1. The van der Waals surface area contributed by atoms with Crippen LogP contribution in [0, 0.1) is 0 Å². The van der Waals surface area contributed by atoms with Crippen molar-refractivity contribution in [1.82, 2.24) is 9.78 Å². The first-order valence-electron chi connectivity index (χ1n) is 9.00. The molecule has 1 aliphatic rings. The van der Waals surface area contributed by atoms with Crippen LogP contribution >= 0.6 is 11.6 Å². The number of anilines is 1. The Hall–Kier alpha value is -3.19. The monoisotopic (exact) mass is 413 g/mol. The van der Waals surface area contributed by atoms with Crippen LogP contribution in [-0.4, -0.2) is 37.0 Å². The first-order chi connectivity index (χ1) is 14.1. The summed E-state index contributed by atoms with van der Waals surface area (Å²) < 4.78 is 18.2. The minimum atomic E-state index is -0.249. The average molecular weight is 414 g/mol. The lowest BCUT2D eigenvalue weighted by molar-refractivity contribution is -0.116. The van der Waals surface area contributed by atoms with Gasteiger partial charge in [0.25, 0.3) is 0 Å². The van der Waals surface area contributed by atoms with Crippen LogP contribution in [0.1, 0.15) is 23.5 Å². The van der Waals surface area contributed by atoms with E-state index in [2.05, 4.69) is 10.4 Å². The third kappa shape index (κ3) is 3.27. The van der Waals surface area contributed by atoms with Gasteiger partial charge in [-0.15, -0.1) is 0 Å². The van der Waals surface area contributed by atoms with Gasteiger partial charge in [-0.25, -0.2) is 4.68 Å². The lowest BCUT2D eigenvalue weighted by atomic mass is 9.86. The van der Waals surface area contributed by atoms with Gasteiger partial charge >= 0.3 is 0 Å². The number of rotatable bonds is 5. The third-order valence-corrected chi connectivity index (χ3v) is 5.22. The van der Waals surface area contributed by atoms with Crippen molar-refractivity contribution < 1.29 is 19.0 Å². The molecule has 1 amide bonds. The summed E-state index contributed by atoms with van der Waals surface area (Å²) in [5.41, 5.74) is 2.47. The van der Waals surface area contributed by atoms with Crippen LogP contribution in [0.25, 0.3) is 5.69 Å². The van der Waals surface area contributed by atoms with Crippen molar-refractivity contribution in [3.8, 4) is 22.9 Å². The molecule has 0 saturated heterocycles. The predicted molar refractivity (Wildman–Crippen MR) is 110 cm³/mol. The molecule has 1 aromatic heterocycles. The number of nitrogens with zero attached hydrogens (tertiary/aromatic N) is 2. The number of amides is 1. The summed E-state index contributed by atoms with van der Waals surface area (Å²) in [6, 6.07) is 11.0. The third-order valence-electron chi connectivity index (χ3n) is 4.98. The van der Waals surface area contributed by atoms with Gasteiger partial charge in [-0.2, -0.15) is 5.10 Å². The summed E-state index contributed by atoms with van der Waals surface area (Å²) >= 11 is 6.13. The van der Waals surface area contributed by atoms with Crippen molar-refractivity contribution in [3.63, 3.8) is 0 Å². The smallest absolute Gasteiger partial charge is 0.226 e. The molecule has 3 aromatic rings. The highest BCUT2D eigenvalue weighted by molar-refractivity contribution is 6.30. The maximum atomic E-state index is 12.6. The second-order valence-corrected chi connectivity index (χ2v) is 7.01. The molecule has 0 radical (unpaired) electrons. The minimum absolute atomic E-state index is 0.108. The number of ether oxygens (including phenoxy) is 3. The molecule has 0 bridgehead atoms. The van der Waals surface area contributed by atoms with E-state index >= 15 is 0 Å². The lowest BCUT2D eigenvalue weighted by Gasteiger charge is -2.26. The molecular formula is C21H20ClN3O4. The Bertz CT molecular complexity index is 1080. The quantitative estimate of drug-likeness (QED) is 0.683. The minimum Gasteiger partial charge on any atom is -0.493 e. The van der Waals surface area contributed by atoms with Gasteiger partial charge in [0.05, 0.1) is 33.2 Å². The van der Waals surface area contributed by atoms with E-state index in [0.717, 1.165) is 16.8 Å². The molecule has 29 heavy (non-hydrogen) atoms. The number of hydrogen-bond acceptors (Lipinski definition) is 5. The fourth-order valence-corrected chi connectivity index (χ4v) is 3.88. The van der Waals surface area contributed by atoms with Crippen molar-refractivity contribution in [2.24, 2.45) is 0 Å². The van der Waals surface area contributed by atoms with E-state index in [9.17, 15) is 4.79 Å². The number of carbonyl (C=O) groups excluding carboxylic acids is 1. The van der Waals surface area contributed by atoms with Gasteiger partial charge in [-0.05, 0) is 24.3 Å². The molecule has 1 N–H and O–H groups in total. The molecule has 150 valence electrons. The highest BCUT2D eigenvalue weighted by Crippen LogP contribution is 2.47. The van der Waals surface area contributed by atoms with E-state index in [4.69, 9.17) is 25.8 Å². The number of aromatic nitrogens is 2. The normalized spacial score (nSPS) is 15.4. The van der Waals surface area contributed by atoms with E-state index in [-0.39, 0.29) is 18.2 Å². The highest BCUT2D eigenvalue weighted by atomic mass is 35.5. The molecule has 0 saturated carbocycles. The van der Waals surface area contributed by atoms with Gasteiger partial charge in [0, 0.05) is 28.5 Å². The molecule has 1 aliphatic heterocycles. The molecule has 2 aromatic carbocycles. The lowest BCUT2D eigenvalue weighted by Crippen LogP contribution is -2.25. The molecule has 0 fully saturated rings. The molecule has 1 atom stereocenters. The van der Waals surface area contributed by atoms with Crippen molar-refractivity contribution >= 4 is 23.3 Å². The van der Waals surface area contributed by atoms with Gasteiger partial charge in [0.1, 0.15) is 5.82 Å². The summed E-state index contributed by atoms with van der Waals surface area (Å²) in [6.45, 7) is 0. The zero-order chi connectivity index (χ0) is 20.5. The van der Waals surface area contributed by atoms with Crippen LogP contribution in [0.3, 0.4) is 0 Å². The Morgan fingerprint density at radius 2 is 1.86 bits per heavy atom. The maximum absolute atomic E-state index is 12.6.